The molecule has 1 unspecified atom stereocenters. The van der Waals surface area contributed by atoms with Crippen molar-refractivity contribution < 1.29 is 0 Å². The van der Waals surface area contributed by atoms with Crippen LogP contribution in [-0.4, -0.2) is 19.8 Å². The third-order valence-corrected chi connectivity index (χ3v) is 3.37. The van der Waals surface area contributed by atoms with Gasteiger partial charge in [-0.15, -0.1) is 6.58 Å². The Balaban J connectivity index is 2.05. The molecule has 0 bridgehead atoms. The van der Waals surface area contributed by atoms with Crippen molar-refractivity contribution in [3.8, 4) is 5.69 Å². The molecule has 0 aliphatic heterocycles. The summed E-state index contributed by atoms with van der Waals surface area (Å²) in [6, 6.07) is 16.1. The number of hydrogen-bond donors (Lipinski definition) is 1. The summed E-state index contributed by atoms with van der Waals surface area (Å²) in [5.74, 6) is 0. The highest BCUT2D eigenvalue weighted by Crippen LogP contribution is 2.16. The molecule has 0 fully saturated rings. The van der Waals surface area contributed by atoms with Gasteiger partial charge in [0, 0.05) is 5.69 Å². The first-order chi connectivity index (χ1) is 10.7. The lowest BCUT2D eigenvalue weighted by atomic mass is 10.1. The van der Waals surface area contributed by atoms with E-state index >= 15 is 0 Å². The number of anilines is 1. The molecule has 1 atom stereocenters. The van der Waals surface area contributed by atoms with Crippen LogP contribution in [0.25, 0.3) is 5.69 Å². The summed E-state index contributed by atoms with van der Waals surface area (Å²) < 4.78 is 2.54. The summed E-state index contributed by atoms with van der Waals surface area (Å²) in [5, 5.41) is 7.92. The van der Waals surface area contributed by atoms with Gasteiger partial charge < -0.3 is 5.73 Å². The third kappa shape index (κ3) is 2.42. The third-order valence-electron chi connectivity index (χ3n) is 3.37. The molecule has 6 heteroatoms. The normalized spacial score (nSPS) is 12.0. The number of rotatable bonds is 4. The van der Waals surface area contributed by atoms with Crippen LogP contribution in [-0.2, 0) is 0 Å². The molecule has 0 aliphatic carbocycles. The van der Waals surface area contributed by atoms with Crippen LogP contribution < -0.4 is 11.4 Å². The second kappa shape index (κ2) is 5.69. The Kier molecular flexibility index (Phi) is 3.57. The van der Waals surface area contributed by atoms with Crippen LogP contribution >= 0.6 is 0 Å². The zero-order chi connectivity index (χ0) is 15.5. The molecule has 0 saturated carbocycles. The van der Waals surface area contributed by atoms with Gasteiger partial charge in [0.15, 0.2) is 0 Å². The fraction of sp³-hybridized carbons (Fsp3) is 0.0625. The highest BCUT2D eigenvalue weighted by atomic mass is 16.2. The zero-order valence-electron chi connectivity index (χ0n) is 11.8. The minimum absolute atomic E-state index is 0.335. The quantitative estimate of drug-likeness (QED) is 0.587. The van der Waals surface area contributed by atoms with Crippen LogP contribution in [0.4, 0.5) is 5.69 Å². The Labute approximate surface area is 127 Å². The van der Waals surface area contributed by atoms with Crippen LogP contribution in [0.15, 0.2) is 72.0 Å². The molecule has 0 radical (unpaired) electrons. The number of aromatic nitrogens is 4. The van der Waals surface area contributed by atoms with Gasteiger partial charge in [0.2, 0.25) is 0 Å². The molecule has 3 rings (SSSR count). The van der Waals surface area contributed by atoms with E-state index in [0.29, 0.717) is 11.4 Å². The number of nitrogens with zero attached hydrogens (tertiary/aromatic N) is 4. The summed E-state index contributed by atoms with van der Waals surface area (Å²) in [5.41, 5.74) is 7.47. The standard InChI is InChI=1S/C16H15N5O/c1-2-15(12-6-4-3-5-7-12)21-16(22)20(18-19-21)14-10-8-13(17)9-11-14/h2-11,15H,1,17H2. The molecule has 110 valence electrons. The van der Waals surface area contributed by atoms with Crippen molar-refractivity contribution >= 4 is 5.69 Å². The average Bonchev–Trinajstić information content (AvgIpc) is 2.92. The van der Waals surface area contributed by atoms with Gasteiger partial charge in [0.1, 0.15) is 6.04 Å². The Morgan fingerprint density at radius 3 is 2.36 bits per heavy atom. The Bertz CT molecular complexity index is 833. The number of nitrogen functional groups attached to an aromatic ring is 1. The number of benzene rings is 2. The molecule has 1 aromatic heterocycles. The predicted molar refractivity (Wildman–Crippen MR) is 84.8 cm³/mol. The molecular weight excluding hydrogens is 278 g/mol. The molecule has 0 saturated heterocycles. The summed E-state index contributed by atoms with van der Waals surface area (Å²) in [6.07, 6.45) is 1.67. The highest BCUT2D eigenvalue weighted by molar-refractivity contribution is 5.44. The maximum atomic E-state index is 12.5. The van der Waals surface area contributed by atoms with Gasteiger partial charge in [-0.2, -0.15) is 9.36 Å². The van der Waals surface area contributed by atoms with E-state index in [1.54, 1.807) is 30.3 Å². The molecule has 2 N–H and O–H groups in total. The SMILES string of the molecule is C=CC(c1ccccc1)n1nnn(-c2ccc(N)cc2)c1=O. The van der Waals surface area contributed by atoms with Crippen molar-refractivity contribution in [1.29, 1.82) is 0 Å². The van der Waals surface area contributed by atoms with Crippen LogP contribution in [0.2, 0.25) is 0 Å². The van der Waals surface area contributed by atoms with Gasteiger partial charge in [0.25, 0.3) is 0 Å². The predicted octanol–water partition coefficient (Wildman–Crippen LogP) is 1.79. The second-order valence-electron chi connectivity index (χ2n) is 4.80. The molecule has 1 heterocycles. The lowest BCUT2D eigenvalue weighted by Crippen LogP contribution is -2.27. The molecule has 0 amide bonds. The van der Waals surface area contributed by atoms with E-state index in [4.69, 9.17) is 5.73 Å². The Morgan fingerprint density at radius 2 is 1.73 bits per heavy atom. The first-order valence-electron chi connectivity index (χ1n) is 6.78. The topological polar surface area (TPSA) is 78.7 Å². The Morgan fingerprint density at radius 1 is 1.05 bits per heavy atom. The molecular formula is C16H15N5O. The van der Waals surface area contributed by atoms with Gasteiger partial charge in [0.05, 0.1) is 5.69 Å². The first-order valence-corrected chi connectivity index (χ1v) is 6.78. The number of hydrogen-bond acceptors (Lipinski definition) is 4. The van der Waals surface area contributed by atoms with Crippen molar-refractivity contribution in [3.63, 3.8) is 0 Å². The lowest BCUT2D eigenvalue weighted by Gasteiger charge is -2.10. The average molecular weight is 293 g/mol. The monoisotopic (exact) mass is 293 g/mol. The van der Waals surface area contributed by atoms with Gasteiger partial charge in [-0.25, -0.2) is 4.79 Å². The summed E-state index contributed by atoms with van der Waals surface area (Å²) in [4.78, 5) is 12.5. The molecule has 3 aromatic rings. The highest BCUT2D eigenvalue weighted by Gasteiger charge is 2.17. The first kappa shape index (κ1) is 13.8. The van der Waals surface area contributed by atoms with E-state index in [1.165, 1.54) is 9.36 Å². The maximum absolute atomic E-state index is 12.5. The molecule has 22 heavy (non-hydrogen) atoms. The van der Waals surface area contributed by atoms with Gasteiger partial charge in [-0.1, -0.05) is 36.4 Å². The molecule has 0 aliphatic rings. The van der Waals surface area contributed by atoms with Crippen LogP contribution in [0.3, 0.4) is 0 Å². The van der Waals surface area contributed by atoms with E-state index in [2.05, 4.69) is 17.0 Å². The van der Waals surface area contributed by atoms with Crippen molar-refractivity contribution in [2.75, 3.05) is 5.73 Å². The van der Waals surface area contributed by atoms with Gasteiger partial charge >= 0.3 is 5.69 Å². The van der Waals surface area contributed by atoms with Crippen LogP contribution in [0.5, 0.6) is 0 Å². The number of allylic oxidation sites excluding steroid dienone is 1. The van der Waals surface area contributed by atoms with E-state index < -0.39 is 0 Å². The Hall–Kier alpha value is -3.15. The molecule has 2 aromatic carbocycles. The lowest BCUT2D eigenvalue weighted by molar-refractivity contribution is 0.570. The van der Waals surface area contributed by atoms with E-state index in [9.17, 15) is 4.79 Å². The number of tetrazole rings is 1. The van der Waals surface area contributed by atoms with Crippen molar-refractivity contribution in [2.45, 2.75) is 6.04 Å². The summed E-state index contributed by atoms with van der Waals surface area (Å²) in [6.45, 7) is 3.80. The fourth-order valence-electron chi connectivity index (χ4n) is 2.24. The fourth-order valence-corrected chi connectivity index (χ4v) is 2.24. The van der Waals surface area contributed by atoms with Gasteiger partial charge in [-0.05, 0) is 40.3 Å². The molecule has 0 spiro atoms. The second-order valence-corrected chi connectivity index (χ2v) is 4.80. The molecule has 6 nitrogen and oxygen atoms in total. The van der Waals surface area contributed by atoms with Crippen molar-refractivity contribution in [1.82, 2.24) is 19.8 Å². The van der Waals surface area contributed by atoms with Crippen molar-refractivity contribution in [2.24, 2.45) is 0 Å². The van der Waals surface area contributed by atoms with E-state index in [-0.39, 0.29) is 11.7 Å². The van der Waals surface area contributed by atoms with E-state index in [1.807, 2.05) is 30.3 Å². The van der Waals surface area contributed by atoms with Gasteiger partial charge in [-0.3, -0.25) is 0 Å². The largest absolute Gasteiger partial charge is 0.399 e. The number of nitrogens with two attached hydrogens (primary N) is 1. The summed E-state index contributed by atoms with van der Waals surface area (Å²) >= 11 is 0. The smallest absolute Gasteiger partial charge is 0.369 e. The maximum Gasteiger partial charge on any atom is 0.369 e. The minimum atomic E-state index is -0.365. The van der Waals surface area contributed by atoms with Crippen LogP contribution in [0.1, 0.15) is 11.6 Å². The van der Waals surface area contributed by atoms with Crippen LogP contribution in [0, 0.1) is 0 Å². The summed E-state index contributed by atoms with van der Waals surface area (Å²) in [7, 11) is 0. The zero-order valence-corrected chi connectivity index (χ0v) is 11.8. The van der Waals surface area contributed by atoms with E-state index in [0.717, 1.165) is 5.56 Å². The van der Waals surface area contributed by atoms with Crippen molar-refractivity contribution in [3.05, 3.63) is 83.3 Å². The minimum Gasteiger partial charge on any atom is -0.399 e.